The third-order valence-corrected chi connectivity index (χ3v) is 5.78. The highest BCUT2D eigenvalue weighted by Crippen LogP contribution is 2.28. The smallest absolute Gasteiger partial charge is 0.274 e. The van der Waals surface area contributed by atoms with Crippen LogP contribution >= 0.6 is 11.6 Å². The van der Waals surface area contributed by atoms with Gasteiger partial charge in [0.2, 0.25) is 0 Å². The fourth-order valence-corrected chi connectivity index (χ4v) is 4.62. The fourth-order valence-electron chi connectivity index (χ4n) is 3.03. The number of nitrogens with zero attached hydrogens (tertiary/aromatic N) is 4. The second-order valence-corrected chi connectivity index (χ2v) is 8.34. The number of halogens is 1. The number of aromatic nitrogens is 4. The van der Waals surface area contributed by atoms with Gasteiger partial charge in [0.15, 0.2) is 9.84 Å². The van der Waals surface area contributed by atoms with E-state index in [2.05, 4.69) is 10.1 Å². The molecule has 0 spiro atoms. The zero-order chi connectivity index (χ0) is 17.1. The lowest BCUT2D eigenvalue weighted by atomic mass is 10.2. The molecule has 0 amide bonds. The second kappa shape index (κ2) is 5.15. The Bertz CT molecular complexity index is 1130. The fraction of sp³-hybridized carbons (Fsp3) is 0.267. The number of fused-ring (bicyclic) bond motifs is 3. The van der Waals surface area contributed by atoms with E-state index in [0.29, 0.717) is 28.6 Å². The monoisotopic (exact) mass is 364 g/mol. The Kier molecular flexibility index (Phi) is 3.29. The van der Waals surface area contributed by atoms with Crippen molar-refractivity contribution in [2.24, 2.45) is 0 Å². The maximum absolute atomic E-state index is 12.2. The van der Waals surface area contributed by atoms with Crippen LogP contribution in [-0.4, -0.2) is 27.6 Å². The Balaban J connectivity index is 1.95. The zero-order valence-corrected chi connectivity index (χ0v) is 14.3. The van der Waals surface area contributed by atoms with Crippen LogP contribution in [0.1, 0.15) is 22.5 Å². The van der Waals surface area contributed by atoms with Crippen molar-refractivity contribution in [3.8, 4) is 0 Å². The maximum atomic E-state index is 12.2. The number of aryl methyl sites for hydroxylation is 1. The highest BCUT2D eigenvalue weighted by molar-refractivity contribution is 7.90. The van der Waals surface area contributed by atoms with Crippen LogP contribution in [0.3, 0.4) is 0 Å². The third-order valence-electron chi connectivity index (χ3n) is 4.11. The molecule has 124 valence electrons. The van der Waals surface area contributed by atoms with E-state index in [1.165, 1.54) is 10.6 Å². The molecule has 0 radical (unpaired) electrons. The van der Waals surface area contributed by atoms with E-state index in [4.69, 9.17) is 11.6 Å². The Labute approximate surface area is 142 Å². The summed E-state index contributed by atoms with van der Waals surface area (Å²) in [5, 5.41) is 4.61. The molecule has 0 aliphatic carbocycles. The van der Waals surface area contributed by atoms with E-state index in [9.17, 15) is 13.2 Å². The number of sulfone groups is 1. The first-order valence-electron chi connectivity index (χ1n) is 7.26. The minimum absolute atomic E-state index is 0.0897. The predicted octanol–water partition coefficient (Wildman–Crippen LogP) is 1.33. The van der Waals surface area contributed by atoms with E-state index in [-0.39, 0.29) is 17.1 Å². The molecule has 7 nitrogen and oxygen atoms in total. The first-order valence-corrected chi connectivity index (χ1v) is 9.46. The summed E-state index contributed by atoms with van der Waals surface area (Å²) in [6.45, 7) is 2.26. The number of pyridine rings is 1. The summed E-state index contributed by atoms with van der Waals surface area (Å²) in [7, 11) is -3.20. The molecule has 9 heteroatoms. The summed E-state index contributed by atoms with van der Waals surface area (Å²) in [6.07, 6.45) is 1.66. The van der Waals surface area contributed by atoms with E-state index < -0.39 is 9.84 Å². The first kappa shape index (κ1) is 15.3. The van der Waals surface area contributed by atoms with Gasteiger partial charge in [0.1, 0.15) is 10.8 Å². The highest BCUT2D eigenvalue weighted by atomic mass is 35.5. The predicted molar refractivity (Wildman–Crippen MR) is 88.9 cm³/mol. The summed E-state index contributed by atoms with van der Waals surface area (Å²) < 4.78 is 27.0. The Morgan fingerprint density at radius 3 is 2.79 bits per heavy atom. The molecule has 4 rings (SSSR count). The van der Waals surface area contributed by atoms with Gasteiger partial charge in [0.05, 0.1) is 23.7 Å². The first-order chi connectivity index (χ1) is 11.3. The Morgan fingerprint density at radius 1 is 1.29 bits per heavy atom. The molecular formula is C15H13ClN4O3S. The lowest BCUT2D eigenvalue weighted by Crippen LogP contribution is -2.21. The minimum atomic E-state index is -3.20. The van der Waals surface area contributed by atoms with Gasteiger partial charge in [-0.2, -0.15) is 9.61 Å². The van der Waals surface area contributed by atoms with E-state index in [0.717, 1.165) is 11.3 Å². The summed E-state index contributed by atoms with van der Waals surface area (Å²) in [4.78, 5) is 16.3. The molecule has 0 aromatic carbocycles. The van der Waals surface area contributed by atoms with Crippen LogP contribution in [0.15, 0.2) is 29.2 Å². The molecule has 1 aliphatic rings. The molecule has 0 bridgehead atoms. The molecule has 0 unspecified atom stereocenters. The van der Waals surface area contributed by atoms with Crippen molar-refractivity contribution in [3.05, 3.63) is 62.4 Å². The molecule has 24 heavy (non-hydrogen) atoms. The largest absolute Gasteiger partial charge is 0.325 e. The maximum Gasteiger partial charge on any atom is 0.274 e. The lowest BCUT2D eigenvalue weighted by Gasteiger charge is -2.13. The molecule has 0 saturated heterocycles. The number of hydrogen-bond acceptors (Lipinski definition) is 5. The van der Waals surface area contributed by atoms with Gasteiger partial charge in [-0.15, -0.1) is 0 Å². The van der Waals surface area contributed by atoms with E-state index >= 15 is 0 Å². The van der Waals surface area contributed by atoms with Crippen LogP contribution < -0.4 is 5.56 Å². The van der Waals surface area contributed by atoms with Gasteiger partial charge in [0.25, 0.3) is 5.56 Å². The quantitative estimate of drug-likeness (QED) is 0.640. The molecule has 0 fully saturated rings. The molecule has 3 aromatic heterocycles. The second-order valence-electron chi connectivity index (χ2n) is 5.89. The summed E-state index contributed by atoms with van der Waals surface area (Å²) in [5.41, 5.74) is 2.96. The van der Waals surface area contributed by atoms with Crippen LogP contribution in [0.4, 0.5) is 0 Å². The van der Waals surface area contributed by atoms with E-state index in [1.807, 2.05) is 17.6 Å². The zero-order valence-electron chi connectivity index (χ0n) is 12.7. The molecule has 0 saturated carbocycles. The van der Waals surface area contributed by atoms with Crippen LogP contribution in [0.5, 0.6) is 0 Å². The van der Waals surface area contributed by atoms with Crippen molar-refractivity contribution < 1.29 is 8.42 Å². The molecule has 0 N–H and O–H groups in total. The Morgan fingerprint density at radius 2 is 2.08 bits per heavy atom. The van der Waals surface area contributed by atoms with Crippen LogP contribution in [0, 0.1) is 6.92 Å². The van der Waals surface area contributed by atoms with Crippen molar-refractivity contribution in [1.82, 2.24) is 19.2 Å². The summed E-state index contributed by atoms with van der Waals surface area (Å²) in [5.74, 6) is -0.210. The summed E-state index contributed by atoms with van der Waals surface area (Å²) in [6, 6.07) is 5.03. The number of rotatable bonds is 2. The minimum Gasteiger partial charge on any atom is -0.325 e. The SMILES string of the molecule is Cc1cc(=O)n2nc3c(c2n1Cc1ccc(Cl)nc1)CS(=O)(=O)C3. The van der Waals surface area contributed by atoms with Crippen molar-refractivity contribution in [2.75, 3.05) is 0 Å². The summed E-state index contributed by atoms with van der Waals surface area (Å²) >= 11 is 5.81. The molecule has 3 aromatic rings. The molecular weight excluding hydrogens is 352 g/mol. The van der Waals surface area contributed by atoms with Gasteiger partial charge < -0.3 is 4.57 Å². The van der Waals surface area contributed by atoms with Crippen molar-refractivity contribution in [2.45, 2.75) is 25.0 Å². The van der Waals surface area contributed by atoms with Crippen LogP contribution in [0.25, 0.3) is 5.65 Å². The molecule has 4 heterocycles. The van der Waals surface area contributed by atoms with E-state index in [1.54, 1.807) is 12.3 Å². The van der Waals surface area contributed by atoms with Gasteiger partial charge in [0, 0.05) is 23.5 Å². The van der Waals surface area contributed by atoms with Crippen molar-refractivity contribution in [3.63, 3.8) is 0 Å². The lowest BCUT2D eigenvalue weighted by molar-refractivity contribution is 0.597. The number of hydrogen-bond donors (Lipinski definition) is 0. The third kappa shape index (κ3) is 2.42. The molecule has 0 atom stereocenters. The van der Waals surface area contributed by atoms with Gasteiger partial charge in [-0.05, 0) is 18.6 Å². The molecule has 1 aliphatic heterocycles. The van der Waals surface area contributed by atoms with Crippen LogP contribution in [-0.2, 0) is 27.9 Å². The highest BCUT2D eigenvalue weighted by Gasteiger charge is 2.31. The topological polar surface area (TPSA) is 86.3 Å². The average Bonchev–Trinajstić information content (AvgIpc) is 2.98. The van der Waals surface area contributed by atoms with Crippen molar-refractivity contribution in [1.29, 1.82) is 0 Å². The van der Waals surface area contributed by atoms with Gasteiger partial charge in [-0.1, -0.05) is 17.7 Å². The standard InChI is InChI=1S/C15H13ClN4O3S/c1-9-4-14(21)20-15(11-7-24(22,23)8-12(11)18-20)19(9)6-10-2-3-13(16)17-5-10/h2-5H,6-8H2,1H3. The normalized spacial score (nSPS) is 15.8. The van der Waals surface area contributed by atoms with Gasteiger partial charge >= 0.3 is 0 Å². The van der Waals surface area contributed by atoms with Gasteiger partial charge in [-0.25, -0.2) is 13.4 Å². The van der Waals surface area contributed by atoms with Crippen LogP contribution in [0.2, 0.25) is 5.15 Å². The van der Waals surface area contributed by atoms with Crippen molar-refractivity contribution >= 4 is 27.1 Å². The van der Waals surface area contributed by atoms with Gasteiger partial charge in [-0.3, -0.25) is 4.79 Å². The average molecular weight is 365 g/mol. The Hall–Kier alpha value is -2.19.